The van der Waals surface area contributed by atoms with Crippen molar-refractivity contribution in [3.05, 3.63) is 59.4 Å². The average Bonchev–Trinajstić information content (AvgIpc) is 2.40. The van der Waals surface area contributed by atoms with E-state index in [0.29, 0.717) is 22.6 Å². The van der Waals surface area contributed by atoms with Crippen LogP contribution in [0.4, 0.5) is 10.1 Å². The predicted molar refractivity (Wildman–Crippen MR) is 66.3 cm³/mol. The molecule has 0 saturated carbocycles. The quantitative estimate of drug-likeness (QED) is 0.842. The van der Waals surface area contributed by atoms with Crippen molar-refractivity contribution in [3.63, 3.8) is 0 Å². The first-order chi connectivity index (χ1) is 8.69. The van der Waals surface area contributed by atoms with Crippen LogP contribution in [0.1, 0.15) is 11.1 Å². The van der Waals surface area contributed by atoms with Crippen LogP contribution in [0.25, 0.3) is 0 Å². The van der Waals surface area contributed by atoms with E-state index in [4.69, 9.17) is 15.7 Å². The van der Waals surface area contributed by atoms with Crippen LogP contribution in [-0.4, -0.2) is 0 Å². The standard InChI is InChI=1S/C14H11FN2O/c15-12-3-6-14(17)11(7-12)9-18-13-4-1-10(8-16)2-5-13/h1-7H,9,17H2. The lowest BCUT2D eigenvalue weighted by Gasteiger charge is -2.08. The van der Waals surface area contributed by atoms with Crippen LogP contribution < -0.4 is 10.5 Å². The largest absolute Gasteiger partial charge is 0.489 e. The molecule has 3 nitrogen and oxygen atoms in total. The molecule has 0 amide bonds. The minimum absolute atomic E-state index is 0.190. The van der Waals surface area contributed by atoms with Gasteiger partial charge in [0.05, 0.1) is 11.6 Å². The van der Waals surface area contributed by atoms with E-state index in [2.05, 4.69) is 0 Å². The van der Waals surface area contributed by atoms with E-state index in [1.165, 1.54) is 18.2 Å². The Kier molecular flexibility index (Phi) is 3.44. The minimum atomic E-state index is -0.345. The molecular weight excluding hydrogens is 231 g/mol. The Morgan fingerprint density at radius 3 is 2.56 bits per heavy atom. The van der Waals surface area contributed by atoms with Crippen LogP contribution in [-0.2, 0) is 6.61 Å². The van der Waals surface area contributed by atoms with E-state index in [-0.39, 0.29) is 12.4 Å². The van der Waals surface area contributed by atoms with Gasteiger partial charge in [0.1, 0.15) is 18.2 Å². The molecule has 0 heterocycles. The van der Waals surface area contributed by atoms with Crippen molar-refractivity contribution in [3.8, 4) is 11.8 Å². The van der Waals surface area contributed by atoms with Gasteiger partial charge in [-0.3, -0.25) is 0 Å². The van der Waals surface area contributed by atoms with Gasteiger partial charge in [-0.1, -0.05) is 0 Å². The Balaban J connectivity index is 2.07. The molecule has 0 unspecified atom stereocenters. The normalized spacial score (nSPS) is 9.78. The van der Waals surface area contributed by atoms with E-state index in [0.717, 1.165) is 0 Å². The fourth-order valence-electron chi connectivity index (χ4n) is 1.49. The number of nitriles is 1. The third-order valence-corrected chi connectivity index (χ3v) is 2.48. The summed E-state index contributed by atoms with van der Waals surface area (Å²) in [4.78, 5) is 0. The van der Waals surface area contributed by atoms with E-state index in [9.17, 15) is 4.39 Å². The van der Waals surface area contributed by atoms with Gasteiger partial charge in [0.25, 0.3) is 0 Å². The van der Waals surface area contributed by atoms with Crippen molar-refractivity contribution in [2.24, 2.45) is 0 Å². The van der Waals surface area contributed by atoms with Crippen molar-refractivity contribution in [1.29, 1.82) is 5.26 Å². The number of nitrogens with zero attached hydrogens (tertiary/aromatic N) is 1. The Morgan fingerprint density at radius 2 is 1.89 bits per heavy atom. The second kappa shape index (κ2) is 5.19. The molecule has 18 heavy (non-hydrogen) atoms. The SMILES string of the molecule is N#Cc1ccc(OCc2cc(F)ccc2N)cc1. The van der Waals surface area contributed by atoms with E-state index in [1.54, 1.807) is 24.3 Å². The lowest BCUT2D eigenvalue weighted by Crippen LogP contribution is -2.00. The number of nitrogens with two attached hydrogens (primary N) is 1. The van der Waals surface area contributed by atoms with Gasteiger partial charge in [0.2, 0.25) is 0 Å². The van der Waals surface area contributed by atoms with Crippen molar-refractivity contribution in [1.82, 2.24) is 0 Å². The van der Waals surface area contributed by atoms with Crippen molar-refractivity contribution in [2.75, 3.05) is 5.73 Å². The average molecular weight is 242 g/mol. The molecule has 0 fully saturated rings. The fraction of sp³-hybridized carbons (Fsp3) is 0.0714. The number of rotatable bonds is 3. The molecule has 2 rings (SSSR count). The molecule has 0 atom stereocenters. The van der Waals surface area contributed by atoms with Crippen molar-refractivity contribution < 1.29 is 9.13 Å². The lowest BCUT2D eigenvalue weighted by atomic mass is 10.2. The van der Waals surface area contributed by atoms with Gasteiger partial charge < -0.3 is 10.5 Å². The third kappa shape index (κ3) is 2.77. The van der Waals surface area contributed by atoms with E-state index >= 15 is 0 Å². The van der Waals surface area contributed by atoms with E-state index in [1.807, 2.05) is 6.07 Å². The summed E-state index contributed by atoms with van der Waals surface area (Å²) in [5, 5.41) is 8.65. The lowest BCUT2D eigenvalue weighted by molar-refractivity contribution is 0.306. The van der Waals surface area contributed by atoms with Crippen LogP contribution in [0.2, 0.25) is 0 Å². The second-order valence-corrected chi connectivity index (χ2v) is 3.77. The molecule has 4 heteroatoms. The molecule has 0 saturated heterocycles. The Labute approximate surface area is 104 Å². The summed E-state index contributed by atoms with van der Waals surface area (Å²) in [6.07, 6.45) is 0. The number of halogens is 1. The summed E-state index contributed by atoms with van der Waals surface area (Å²) < 4.78 is 18.5. The van der Waals surface area contributed by atoms with Crippen LogP contribution >= 0.6 is 0 Å². The zero-order chi connectivity index (χ0) is 13.0. The number of hydrogen-bond acceptors (Lipinski definition) is 3. The molecule has 0 spiro atoms. The molecule has 0 aliphatic heterocycles. The summed E-state index contributed by atoms with van der Waals surface area (Å²) in [5.41, 5.74) is 7.36. The summed E-state index contributed by atoms with van der Waals surface area (Å²) in [6.45, 7) is 0.190. The molecular formula is C14H11FN2O. The highest BCUT2D eigenvalue weighted by Crippen LogP contribution is 2.18. The number of benzene rings is 2. The fourth-order valence-corrected chi connectivity index (χ4v) is 1.49. The summed E-state index contributed by atoms with van der Waals surface area (Å²) >= 11 is 0. The summed E-state index contributed by atoms with van der Waals surface area (Å²) in [6, 6.07) is 12.9. The van der Waals surface area contributed by atoms with Crippen molar-refractivity contribution >= 4 is 5.69 Å². The van der Waals surface area contributed by atoms with E-state index < -0.39 is 0 Å². The van der Waals surface area contributed by atoms with Crippen molar-refractivity contribution in [2.45, 2.75) is 6.61 Å². The molecule has 2 aromatic carbocycles. The second-order valence-electron chi connectivity index (χ2n) is 3.77. The van der Waals surface area contributed by atoms with Gasteiger partial charge in [-0.05, 0) is 42.5 Å². The maximum absolute atomic E-state index is 13.0. The highest BCUT2D eigenvalue weighted by molar-refractivity contribution is 5.46. The first-order valence-corrected chi connectivity index (χ1v) is 5.36. The van der Waals surface area contributed by atoms with Gasteiger partial charge in [-0.15, -0.1) is 0 Å². The first kappa shape index (κ1) is 11.9. The molecule has 90 valence electrons. The van der Waals surface area contributed by atoms with Crippen LogP contribution in [0, 0.1) is 17.1 Å². The zero-order valence-corrected chi connectivity index (χ0v) is 9.56. The summed E-state index contributed by atoms with van der Waals surface area (Å²) in [7, 11) is 0. The molecule has 0 aromatic heterocycles. The highest BCUT2D eigenvalue weighted by atomic mass is 19.1. The Morgan fingerprint density at radius 1 is 1.17 bits per heavy atom. The number of anilines is 1. The Hall–Kier alpha value is -2.54. The summed E-state index contributed by atoms with van der Waals surface area (Å²) in [5.74, 6) is 0.264. The maximum atomic E-state index is 13.0. The predicted octanol–water partition coefficient (Wildman–Crippen LogP) is 2.86. The van der Waals surface area contributed by atoms with Gasteiger partial charge in [0, 0.05) is 11.3 Å². The van der Waals surface area contributed by atoms with Gasteiger partial charge in [-0.2, -0.15) is 5.26 Å². The maximum Gasteiger partial charge on any atom is 0.123 e. The molecule has 0 aliphatic rings. The monoisotopic (exact) mass is 242 g/mol. The van der Waals surface area contributed by atoms with Crippen LogP contribution in [0.3, 0.4) is 0 Å². The zero-order valence-electron chi connectivity index (χ0n) is 9.56. The van der Waals surface area contributed by atoms with Gasteiger partial charge in [0.15, 0.2) is 0 Å². The smallest absolute Gasteiger partial charge is 0.123 e. The number of ether oxygens (including phenoxy) is 1. The van der Waals surface area contributed by atoms with Gasteiger partial charge >= 0.3 is 0 Å². The molecule has 0 radical (unpaired) electrons. The third-order valence-electron chi connectivity index (χ3n) is 2.48. The molecule has 0 bridgehead atoms. The first-order valence-electron chi connectivity index (χ1n) is 5.36. The topological polar surface area (TPSA) is 59.0 Å². The highest BCUT2D eigenvalue weighted by Gasteiger charge is 2.02. The number of hydrogen-bond donors (Lipinski definition) is 1. The minimum Gasteiger partial charge on any atom is -0.489 e. The molecule has 0 aliphatic carbocycles. The molecule has 2 N–H and O–H groups in total. The van der Waals surface area contributed by atoms with Crippen LogP contribution in [0.15, 0.2) is 42.5 Å². The van der Waals surface area contributed by atoms with Gasteiger partial charge in [-0.25, -0.2) is 4.39 Å². The molecule has 2 aromatic rings. The van der Waals surface area contributed by atoms with Crippen LogP contribution in [0.5, 0.6) is 5.75 Å². The Bertz CT molecular complexity index is 588. The number of nitrogen functional groups attached to an aromatic ring is 1.